The lowest BCUT2D eigenvalue weighted by Crippen LogP contribution is -2.01. The van der Waals surface area contributed by atoms with E-state index in [2.05, 4.69) is 0 Å². The number of rotatable bonds is 3. The fraction of sp³-hybridized carbons (Fsp3) is 0.400. The zero-order valence-electron chi connectivity index (χ0n) is 7.75. The lowest BCUT2D eigenvalue weighted by Gasteiger charge is -2.05. The van der Waals surface area contributed by atoms with Gasteiger partial charge in [-0.05, 0) is 31.0 Å². The van der Waals surface area contributed by atoms with E-state index >= 15 is 0 Å². The molecule has 0 radical (unpaired) electrons. The average Bonchev–Trinajstić information content (AvgIpc) is 2.66. The third kappa shape index (κ3) is 1.65. The minimum atomic E-state index is 0.259. The second kappa shape index (κ2) is 4.07. The maximum atomic E-state index is 5.95. The van der Waals surface area contributed by atoms with Crippen LogP contribution in [0.1, 0.15) is 12.0 Å². The highest BCUT2D eigenvalue weighted by Gasteiger charge is 2.20. The lowest BCUT2D eigenvalue weighted by atomic mass is 10.1. The van der Waals surface area contributed by atoms with Gasteiger partial charge < -0.3 is 15.2 Å². The summed E-state index contributed by atoms with van der Waals surface area (Å²) in [6.07, 6.45) is 1.84. The molecule has 0 bridgehead atoms. The van der Waals surface area contributed by atoms with Crippen LogP contribution in [0.4, 0.5) is 0 Å². The van der Waals surface area contributed by atoms with Gasteiger partial charge in [0.05, 0.1) is 5.02 Å². The Bertz CT molecular complexity index is 341. The molecule has 1 aliphatic rings. The number of benzene rings is 1. The number of nitrogens with two attached hydrogens (primary N) is 1. The van der Waals surface area contributed by atoms with Crippen molar-refractivity contribution < 1.29 is 9.47 Å². The second-order valence-corrected chi connectivity index (χ2v) is 3.57. The first-order valence-electron chi connectivity index (χ1n) is 4.60. The molecule has 14 heavy (non-hydrogen) atoms. The summed E-state index contributed by atoms with van der Waals surface area (Å²) >= 11 is 5.95. The molecule has 1 aliphatic heterocycles. The number of fused-ring (bicyclic) bond motifs is 1. The van der Waals surface area contributed by atoms with Gasteiger partial charge in [-0.25, -0.2) is 0 Å². The van der Waals surface area contributed by atoms with Crippen molar-refractivity contribution in [3.63, 3.8) is 0 Å². The van der Waals surface area contributed by atoms with Crippen LogP contribution < -0.4 is 15.2 Å². The first-order chi connectivity index (χ1) is 6.83. The van der Waals surface area contributed by atoms with Gasteiger partial charge in [-0.2, -0.15) is 0 Å². The Morgan fingerprint density at radius 2 is 2.07 bits per heavy atom. The van der Waals surface area contributed by atoms with Crippen molar-refractivity contribution in [2.45, 2.75) is 12.8 Å². The van der Waals surface area contributed by atoms with Crippen LogP contribution in [0, 0.1) is 0 Å². The summed E-state index contributed by atoms with van der Waals surface area (Å²) in [4.78, 5) is 0. The summed E-state index contributed by atoms with van der Waals surface area (Å²) < 4.78 is 10.6. The topological polar surface area (TPSA) is 44.5 Å². The SMILES string of the molecule is NCCCc1ccc(Cl)c2c1OCO2. The van der Waals surface area contributed by atoms with Crippen molar-refractivity contribution in [1.29, 1.82) is 0 Å². The number of hydrogen-bond acceptors (Lipinski definition) is 3. The van der Waals surface area contributed by atoms with Crippen molar-refractivity contribution in [1.82, 2.24) is 0 Å². The molecule has 0 saturated carbocycles. The van der Waals surface area contributed by atoms with E-state index in [1.54, 1.807) is 0 Å². The predicted molar refractivity (Wildman–Crippen MR) is 55.0 cm³/mol. The van der Waals surface area contributed by atoms with Crippen molar-refractivity contribution >= 4 is 11.6 Å². The van der Waals surface area contributed by atoms with E-state index in [1.165, 1.54) is 0 Å². The molecule has 0 aromatic heterocycles. The molecule has 0 unspecified atom stereocenters. The van der Waals surface area contributed by atoms with E-state index in [9.17, 15) is 0 Å². The van der Waals surface area contributed by atoms with Gasteiger partial charge in [0.2, 0.25) is 6.79 Å². The van der Waals surface area contributed by atoms with Crippen LogP contribution in [-0.4, -0.2) is 13.3 Å². The summed E-state index contributed by atoms with van der Waals surface area (Å²) in [7, 11) is 0. The van der Waals surface area contributed by atoms with Crippen LogP contribution in [0.15, 0.2) is 12.1 Å². The fourth-order valence-electron chi connectivity index (χ4n) is 1.51. The predicted octanol–water partition coefficient (Wildman–Crippen LogP) is 1.96. The Kier molecular flexibility index (Phi) is 2.79. The second-order valence-electron chi connectivity index (χ2n) is 3.16. The molecule has 1 heterocycles. The molecule has 0 saturated heterocycles. The molecule has 2 N–H and O–H groups in total. The van der Waals surface area contributed by atoms with Crippen LogP contribution in [0.25, 0.3) is 0 Å². The lowest BCUT2D eigenvalue weighted by molar-refractivity contribution is 0.173. The zero-order chi connectivity index (χ0) is 9.97. The normalized spacial score (nSPS) is 13.3. The third-order valence-corrected chi connectivity index (χ3v) is 2.50. The monoisotopic (exact) mass is 213 g/mol. The van der Waals surface area contributed by atoms with Crippen molar-refractivity contribution in [2.75, 3.05) is 13.3 Å². The summed E-state index contributed by atoms with van der Waals surface area (Å²) in [6.45, 7) is 0.937. The van der Waals surface area contributed by atoms with Gasteiger partial charge in [0, 0.05) is 0 Å². The Morgan fingerprint density at radius 1 is 1.29 bits per heavy atom. The van der Waals surface area contributed by atoms with Crippen molar-refractivity contribution in [3.05, 3.63) is 22.7 Å². The molecule has 0 fully saturated rings. The highest BCUT2D eigenvalue weighted by atomic mass is 35.5. The molecule has 4 heteroatoms. The van der Waals surface area contributed by atoms with Gasteiger partial charge >= 0.3 is 0 Å². The van der Waals surface area contributed by atoms with Crippen LogP contribution in [0.5, 0.6) is 11.5 Å². The van der Waals surface area contributed by atoms with Gasteiger partial charge in [0.15, 0.2) is 11.5 Å². The van der Waals surface area contributed by atoms with E-state index in [0.717, 1.165) is 24.2 Å². The van der Waals surface area contributed by atoms with Crippen LogP contribution in [-0.2, 0) is 6.42 Å². The molecule has 2 rings (SSSR count). The van der Waals surface area contributed by atoms with Crippen LogP contribution in [0.3, 0.4) is 0 Å². The van der Waals surface area contributed by atoms with Gasteiger partial charge in [-0.3, -0.25) is 0 Å². The van der Waals surface area contributed by atoms with E-state index < -0.39 is 0 Å². The summed E-state index contributed by atoms with van der Waals surface area (Å²) in [5.41, 5.74) is 6.57. The average molecular weight is 214 g/mol. The van der Waals surface area contributed by atoms with Gasteiger partial charge in [-0.15, -0.1) is 0 Å². The summed E-state index contributed by atoms with van der Waals surface area (Å²) in [5, 5.41) is 0.606. The van der Waals surface area contributed by atoms with E-state index in [0.29, 0.717) is 17.3 Å². The number of aryl methyl sites for hydroxylation is 1. The molecule has 1 aromatic rings. The highest BCUT2D eigenvalue weighted by Crippen LogP contribution is 2.41. The van der Waals surface area contributed by atoms with Crippen LogP contribution in [0.2, 0.25) is 5.02 Å². The van der Waals surface area contributed by atoms with Gasteiger partial charge in [0.25, 0.3) is 0 Å². The van der Waals surface area contributed by atoms with Gasteiger partial charge in [0.1, 0.15) is 0 Å². The summed E-state index contributed by atoms with van der Waals surface area (Å²) in [6, 6.07) is 3.80. The van der Waals surface area contributed by atoms with E-state index in [-0.39, 0.29) is 6.79 Å². The molecule has 0 atom stereocenters. The number of hydrogen-bond donors (Lipinski definition) is 1. The highest BCUT2D eigenvalue weighted by molar-refractivity contribution is 6.32. The van der Waals surface area contributed by atoms with E-state index in [1.807, 2.05) is 12.1 Å². The quantitative estimate of drug-likeness (QED) is 0.835. The standard InChI is InChI=1S/C10H12ClNO2/c11-8-4-3-7(2-1-5-12)9-10(8)14-6-13-9/h3-4H,1-2,5-6,12H2. The summed E-state index contributed by atoms with van der Waals surface area (Å²) in [5.74, 6) is 1.45. The Labute approximate surface area is 87.8 Å². The Hall–Kier alpha value is -0.930. The molecule has 0 amide bonds. The minimum absolute atomic E-state index is 0.259. The molecule has 0 spiro atoms. The molecular formula is C10H12ClNO2. The Morgan fingerprint density at radius 3 is 2.86 bits per heavy atom. The third-order valence-electron chi connectivity index (χ3n) is 2.20. The fourth-order valence-corrected chi connectivity index (χ4v) is 1.71. The molecule has 3 nitrogen and oxygen atoms in total. The molecule has 1 aromatic carbocycles. The largest absolute Gasteiger partial charge is 0.453 e. The molecule has 76 valence electrons. The number of ether oxygens (including phenoxy) is 2. The maximum Gasteiger partial charge on any atom is 0.231 e. The minimum Gasteiger partial charge on any atom is -0.453 e. The van der Waals surface area contributed by atoms with E-state index in [4.69, 9.17) is 26.8 Å². The maximum absolute atomic E-state index is 5.95. The van der Waals surface area contributed by atoms with Gasteiger partial charge in [-0.1, -0.05) is 17.7 Å². The molecule has 0 aliphatic carbocycles. The first-order valence-corrected chi connectivity index (χ1v) is 4.98. The zero-order valence-corrected chi connectivity index (χ0v) is 8.51. The van der Waals surface area contributed by atoms with Crippen LogP contribution >= 0.6 is 11.6 Å². The Balaban J connectivity index is 2.29. The molecular weight excluding hydrogens is 202 g/mol. The first kappa shape index (κ1) is 9.62. The van der Waals surface area contributed by atoms with Crippen molar-refractivity contribution in [3.8, 4) is 11.5 Å². The smallest absolute Gasteiger partial charge is 0.231 e. The number of halogens is 1. The van der Waals surface area contributed by atoms with Crippen molar-refractivity contribution in [2.24, 2.45) is 5.73 Å².